The number of carbonyl (C=O) groups is 3. The van der Waals surface area contributed by atoms with E-state index in [1.807, 2.05) is 51.1 Å². The van der Waals surface area contributed by atoms with Gasteiger partial charge in [-0.3, -0.25) is 19.3 Å². The molecule has 4 fully saturated rings. The molecule has 0 aliphatic carbocycles. The highest BCUT2D eigenvalue weighted by Gasteiger charge is 2.80. The summed E-state index contributed by atoms with van der Waals surface area (Å²) in [5.74, 6) is -2.22. The molecule has 3 amide bonds. The van der Waals surface area contributed by atoms with E-state index in [2.05, 4.69) is 25.0 Å². The van der Waals surface area contributed by atoms with Gasteiger partial charge in [0.25, 0.3) is 0 Å². The van der Waals surface area contributed by atoms with Crippen molar-refractivity contribution in [1.29, 1.82) is 0 Å². The van der Waals surface area contributed by atoms with Crippen LogP contribution < -0.4 is 0 Å². The molecular formula is C37H54N4O6. The summed E-state index contributed by atoms with van der Waals surface area (Å²) >= 11 is 0. The summed E-state index contributed by atoms with van der Waals surface area (Å²) in [6, 6.07) is 8.22. The van der Waals surface area contributed by atoms with E-state index in [4.69, 9.17) is 9.47 Å². The van der Waals surface area contributed by atoms with Gasteiger partial charge in [-0.15, -0.1) is 13.2 Å². The molecule has 47 heavy (non-hydrogen) atoms. The fourth-order valence-electron chi connectivity index (χ4n) is 8.64. The van der Waals surface area contributed by atoms with Crippen molar-refractivity contribution in [2.24, 2.45) is 23.7 Å². The van der Waals surface area contributed by atoms with Gasteiger partial charge in [0.2, 0.25) is 17.7 Å². The first-order valence-corrected chi connectivity index (χ1v) is 17.3. The number of benzene rings is 1. The van der Waals surface area contributed by atoms with Crippen LogP contribution in [0.3, 0.4) is 0 Å². The average Bonchev–Trinajstić information content (AvgIpc) is 3.58. The number of ether oxygens (including phenoxy) is 2. The Kier molecular flexibility index (Phi) is 11.0. The number of rotatable bonds is 15. The van der Waals surface area contributed by atoms with Gasteiger partial charge in [-0.2, -0.15) is 0 Å². The summed E-state index contributed by atoms with van der Waals surface area (Å²) in [4.78, 5) is 52.0. The number of aliphatic hydroxyl groups is 1. The maximum absolute atomic E-state index is 14.9. The van der Waals surface area contributed by atoms with Crippen molar-refractivity contribution in [3.8, 4) is 0 Å². The molecule has 10 heteroatoms. The quantitative estimate of drug-likeness (QED) is 0.291. The third kappa shape index (κ3) is 6.54. The molecule has 7 atom stereocenters. The minimum Gasteiger partial charge on any atom is -0.394 e. The maximum Gasteiger partial charge on any atom is 0.248 e. The number of aliphatic hydroxyl groups excluding tert-OH is 1. The molecule has 0 radical (unpaired) electrons. The van der Waals surface area contributed by atoms with Crippen molar-refractivity contribution in [2.75, 3.05) is 59.1 Å². The van der Waals surface area contributed by atoms with E-state index in [0.29, 0.717) is 58.8 Å². The van der Waals surface area contributed by atoms with Gasteiger partial charge < -0.3 is 29.3 Å². The van der Waals surface area contributed by atoms with E-state index < -0.39 is 35.1 Å². The Morgan fingerprint density at radius 3 is 2.36 bits per heavy atom. The zero-order valence-corrected chi connectivity index (χ0v) is 28.7. The third-order valence-electron chi connectivity index (χ3n) is 10.9. The molecule has 3 unspecified atom stereocenters. The van der Waals surface area contributed by atoms with Gasteiger partial charge >= 0.3 is 0 Å². The molecule has 258 valence electrons. The summed E-state index contributed by atoms with van der Waals surface area (Å²) < 4.78 is 12.5. The largest absolute Gasteiger partial charge is 0.394 e. The smallest absolute Gasteiger partial charge is 0.248 e. The molecule has 5 rings (SSSR count). The van der Waals surface area contributed by atoms with Crippen molar-refractivity contribution in [1.82, 2.24) is 19.6 Å². The van der Waals surface area contributed by atoms with E-state index in [0.717, 1.165) is 18.7 Å². The molecular weight excluding hydrogens is 596 g/mol. The van der Waals surface area contributed by atoms with Crippen LogP contribution in [0.25, 0.3) is 0 Å². The van der Waals surface area contributed by atoms with E-state index in [-0.39, 0.29) is 36.2 Å². The fraction of sp³-hybridized carbons (Fsp3) is 0.649. The molecule has 4 aliphatic heterocycles. The van der Waals surface area contributed by atoms with Crippen molar-refractivity contribution in [3.63, 3.8) is 0 Å². The Balaban J connectivity index is 1.55. The summed E-state index contributed by atoms with van der Waals surface area (Å²) in [5, 5.41) is 10.7. The molecule has 0 aromatic heterocycles. The molecule has 4 aliphatic rings. The lowest BCUT2D eigenvalue weighted by molar-refractivity contribution is -0.158. The van der Waals surface area contributed by atoms with E-state index in [1.54, 1.807) is 26.9 Å². The van der Waals surface area contributed by atoms with Crippen LogP contribution in [0.5, 0.6) is 0 Å². The summed E-state index contributed by atoms with van der Waals surface area (Å²) in [7, 11) is 0. The van der Waals surface area contributed by atoms with Crippen LogP contribution in [0.4, 0.5) is 0 Å². The van der Waals surface area contributed by atoms with Crippen molar-refractivity contribution in [3.05, 3.63) is 61.2 Å². The Labute approximate surface area is 280 Å². The van der Waals surface area contributed by atoms with Crippen molar-refractivity contribution < 1.29 is 29.0 Å². The average molecular weight is 651 g/mol. The maximum atomic E-state index is 14.9. The first kappa shape index (κ1) is 35.3. The Morgan fingerprint density at radius 1 is 1.09 bits per heavy atom. The topological polar surface area (TPSA) is 103 Å². The highest BCUT2D eigenvalue weighted by molar-refractivity contribution is 5.99. The molecule has 4 saturated heterocycles. The summed E-state index contributed by atoms with van der Waals surface area (Å²) in [5.41, 5.74) is -1.16. The molecule has 1 aromatic rings. The number of carbonyl (C=O) groups excluding carboxylic acids is 3. The lowest BCUT2D eigenvalue weighted by Gasteiger charge is -2.40. The normalized spacial score (nSPS) is 30.8. The SMILES string of the molecule is C=CCN(CCN1CCOCC1)C(=O)C1N([C@@H](CO)CC(C)C)C(=O)[C@@H]2[C@H](C(=O)N(CC=C)Cc3ccccc3)[C@@]3(C)OC12CC3C. The number of likely N-dealkylation sites (tertiary alicyclic amines) is 1. The third-order valence-corrected chi connectivity index (χ3v) is 10.9. The van der Waals surface area contributed by atoms with Gasteiger partial charge in [0.1, 0.15) is 11.6 Å². The predicted molar refractivity (Wildman–Crippen MR) is 180 cm³/mol. The lowest BCUT2D eigenvalue weighted by Crippen LogP contribution is -2.59. The molecule has 0 saturated carbocycles. The first-order valence-electron chi connectivity index (χ1n) is 17.3. The summed E-state index contributed by atoms with van der Waals surface area (Å²) in [6.07, 6.45) is 4.41. The van der Waals surface area contributed by atoms with Crippen LogP contribution in [-0.4, -0.2) is 125 Å². The molecule has 4 heterocycles. The van der Waals surface area contributed by atoms with Crippen LogP contribution in [0, 0.1) is 23.7 Å². The number of nitrogens with zero attached hydrogens (tertiary/aromatic N) is 4. The zero-order valence-electron chi connectivity index (χ0n) is 28.7. The van der Waals surface area contributed by atoms with Crippen LogP contribution >= 0.6 is 0 Å². The van der Waals surface area contributed by atoms with E-state index >= 15 is 0 Å². The van der Waals surface area contributed by atoms with Gasteiger partial charge in [-0.1, -0.05) is 63.3 Å². The van der Waals surface area contributed by atoms with Gasteiger partial charge in [0, 0.05) is 45.8 Å². The second-order valence-electron chi connectivity index (χ2n) is 14.4. The first-order chi connectivity index (χ1) is 22.5. The summed E-state index contributed by atoms with van der Waals surface area (Å²) in [6.45, 7) is 20.7. The van der Waals surface area contributed by atoms with E-state index in [9.17, 15) is 19.5 Å². The molecule has 2 bridgehead atoms. The van der Waals surface area contributed by atoms with Crippen LogP contribution in [0.15, 0.2) is 55.6 Å². The standard InChI is InChI=1S/C37H54N4O6/c1-7-14-39(17-16-38-18-20-46-21-19-38)35(45)32-37-23-27(5)36(6,47-37)30(31(37)34(44)41(32)29(25-42)22-26(3)4)33(43)40(15-8-2)24-28-12-10-9-11-13-28/h7-13,26-27,29-32,42H,1-2,14-25H2,3-6H3/t27?,29-,30-,31+,32?,36+,37?/m1/s1. The Hall–Kier alpha value is -3.05. The number of morpholine rings is 1. The van der Waals surface area contributed by atoms with Gasteiger partial charge in [0.05, 0.1) is 43.3 Å². The molecule has 1 spiro atoms. The van der Waals surface area contributed by atoms with Gasteiger partial charge in [0.15, 0.2) is 0 Å². The predicted octanol–water partition coefficient (Wildman–Crippen LogP) is 2.97. The minimum atomic E-state index is -1.20. The number of amides is 3. The zero-order chi connectivity index (χ0) is 33.9. The van der Waals surface area contributed by atoms with Crippen molar-refractivity contribution in [2.45, 2.75) is 70.4 Å². The second-order valence-corrected chi connectivity index (χ2v) is 14.4. The number of hydrogen-bond acceptors (Lipinski definition) is 7. The van der Waals surface area contributed by atoms with Gasteiger partial charge in [-0.05, 0) is 37.2 Å². The molecule has 1 N–H and O–H groups in total. The lowest BCUT2D eigenvalue weighted by atomic mass is 9.62. The van der Waals surface area contributed by atoms with Crippen molar-refractivity contribution >= 4 is 17.7 Å². The molecule has 1 aromatic carbocycles. The van der Waals surface area contributed by atoms with Crippen LogP contribution in [0.2, 0.25) is 0 Å². The monoisotopic (exact) mass is 650 g/mol. The van der Waals surface area contributed by atoms with Crippen LogP contribution in [-0.2, 0) is 30.4 Å². The highest BCUT2D eigenvalue weighted by Crippen LogP contribution is 2.66. The fourth-order valence-corrected chi connectivity index (χ4v) is 8.64. The van der Waals surface area contributed by atoms with Crippen LogP contribution in [0.1, 0.15) is 46.1 Å². The molecule has 10 nitrogen and oxygen atoms in total. The number of hydrogen-bond donors (Lipinski definition) is 1. The minimum absolute atomic E-state index is 0.0862. The van der Waals surface area contributed by atoms with E-state index in [1.165, 1.54) is 0 Å². The van der Waals surface area contributed by atoms with Gasteiger partial charge in [-0.25, -0.2) is 0 Å². The number of fused-ring (bicyclic) bond motifs is 1. The second kappa shape index (κ2) is 14.6. The highest BCUT2D eigenvalue weighted by atomic mass is 16.5. The Morgan fingerprint density at radius 2 is 1.74 bits per heavy atom. The Bertz CT molecular complexity index is 1300.